The first-order valence-electron chi connectivity index (χ1n) is 3.51. The molecule has 0 bridgehead atoms. The number of nitrogens with one attached hydrogen (secondary N) is 1. The molecule has 55 valence electrons. The van der Waals surface area contributed by atoms with Gasteiger partial charge in [0.05, 0.1) is 0 Å². The van der Waals surface area contributed by atoms with E-state index in [2.05, 4.69) is 5.32 Å². The first-order valence-corrected chi connectivity index (χ1v) is 3.51. The van der Waals surface area contributed by atoms with Crippen LogP contribution in [0.25, 0.3) is 0 Å². The average molecular weight is 140 g/mol. The number of hydrogen-bond acceptors (Lipinski definition) is 2. The van der Waals surface area contributed by atoms with Crippen LogP contribution < -0.4 is 5.32 Å². The molecule has 0 atom stereocenters. The lowest BCUT2D eigenvalue weighted by molar-refractivity contribution is -0.115. The van der Waals surface area contributed by atoms with Gasteiger partial charge in [-0.25, -0.2) is 0 Å². The van der Waals surface area contributed by atoms with Crippen molar-refractivity contribution in [2.24, 2.45) is 0 Å². The summed E-state index contributed by atoms with van der Waals surface area (Å²) in [5.74, 6) is -0.605. The Morgan fingerprint density at radius 3 is 2.50 bits per heavy atom. The van der Waals surface area contributed by atoms with Crippen molar-refractivity contribution in [1.82, 2.24) is 5.32 Å². The van der Waals surface area contributed by atoms with Crippen molar-refractivity contribution in [3.63, 3.8) is 0 Å². The molecule has 3 nitrogen and oxygen atoms in total. The van der Waals surface area contributed by atoms with Gasteiger partial charge in [-0.1, -0.05) is 12.8 Å². The molecule has 0 aromatic heterocycles. The number of amides is 1. The summed E-state index contributed by atoms with van der Waals surface area (Å²) in [6, 6.07) is 0.231. The van der Waals surface area contributed by atoms with E-state index in [9.17, 15) is 9.59 Å². The molecular formula is C7H10NO2. The van der Waals surface area contributed by atoms with Crippen molar-refractivity contribution in [3.05, 3.63) is 0 Å². The maximum Gasteiger partial charge on any atom is 0.296 e. The second kappa shape index (κ2) is 3.34. The van der Waals surface area contributed by atoms with E-state index >= 15 is 0 Å². The van der Waals surface area contributed by atoms with Gasteiger partial charge in [-0.2, -0.15) is 0 Å². The van der Waals surface area contributed by atoms with Crippen LogP contribution in [-0.4, -0.2) is 18.2 Å². The SMILES string of the molecule is O=[C]C(=O)NC1CCCC1. The molecule has 1 radical (unpaired) electrons. The molecule has 1 aliphatic rings. The Bertz CT molecular complexity index is 139. The summed E-state index contributed by atoms with van der Waals surface area (Å²) in [7, 11) is 0. The fraction of sp³-hybridized carbons (Fsp3) is 0.714. The molecule has 1 rings (SSSR count). The molecule has 1 saturated carbocycles. The molecule has 0 aliphatic heterocycles. The molecule has 3 heteroatoms. The molecule has 1 amide bonds. The smallest absolute Gasteiger partial charge is 0.296 e. The van der Waals surface area contributed by atoms with Gasteiger partial charge < -0.3 is 5.32 Å². The predicted octanol–water partition coefficient (Wildman–Crippen LogP) is 0.155. The van der Waals surface area contributed by atoms with E-state index in [0.717, 1.165) is 25.7 Å². The number of carbonyl (C=O) groups excluding carboxylic acids is 2. The van der Waals surface area contributed by atoms with Gasteiger partial charge in [-0.3, -0.25) is 9.59 Å². The number of carbonyl (C=O) groups is 1. The highest BCUT2D eigenvalue weighted by Crippen LogP contribution is 2.17. The van der Waals surface area contributed by atoms with Gasteiger partial charge in [-0.05, 0) is 12.8 Å². The monoisotopic (exact) mass is 140 g/mol. The second-order valence-corrected chi connectivity index (χ2v) is 2.56. The quantitative estimate of drug-likeness (QED) is 0.555. The van der Waals surface area contributed by atoms with Crippen molar-refractivity contribution in [3.8, 4) is 0 Å². The third kappa shape index (κ3) is 1.83. The number of hydrogen-bond donors (Lipinski definition) is 1. The zero-order valence-electron chi connectivity index (χ0n) is 5.72. The summed E-state index contributed by atoms with van der Waals surface area (Å²) < 4.78 is 0. The van der Waals surface area contributed by atoms with Gasteiger partial charge >= 0.3 is 0 Å². The lowest BCUT2D eigenvalue weighted by Gasteiger charge is -2.06. The van der Waals surface area contributed by atoms with Gasteiger partial charge in [0.25, 0.3) is 12.2 Å². The van der Waals surface area contributed by atoms with Crippen LogP contribution >= 0.6 is 0 Å². The van der Waals surface area contributed by atoms with Gasteiger partial charge in [0.2, 0.25) is 0 Å². The highest BCUT2D eigenvalue weighted by atomic mass is 16.2. The van der Waals surface area contributed by atoms with E-state index in [1.54, 1.807) is 0 Å². The fourth-order valence-corrected chi connectivity index (χ4v) is 1.29. The average Bonchev–Trinajstić information content (AvgIpc) is 2.40. The van der Waals surface area contributed by atoms with Crippen LogP contribution in [0.4, 0.5) is 0 Å². The Kier molecular flexibility index (Phi) is 2.42. The van der Waals surface area contributed by atoms with Crippen molar-refractivity contribution in [2.75, 3.05) is 0 Å². The minimum absolute atomic E-state index is 0.231. The molecule has 0 unspecified atom stereocenters. The maximum atomic E-state index is 10.4. The maximum absolute atomic E-state index is 10.4. The molecule has 0 aromatic rings. The lowest BCUT2D eigenvalue weighted by Crippen LogP contribution is -2.33. The van der Waals surface area contributed by atoms with E-state index in [1.165, 1.54) is 6.29 Å². The van der Waals surface area contributed by atoms with Crippen molar-refractivity contribution >= 4 is 12.2 Å². The van der Waals surface area contributed by atoms with Crippen LogP contribution in [0.15, 0.2) is 0 Å². The normalized spacial score (nSPS) is 18.8. The molecule has 1 N–H and O–H groups in total. The molecule has 10 heavy (non-hydrogen) atoms. The van der Waals surface area contributed by atoms with Crippen LogP contribution in [0.3, 0.4) is 0 Å². The molecule has 0 saturated heterocycles. The van der Waals surface area contributed by atoms with E-state index in [0.29, 0.717) is 0 Å². The summed E-state index contributed by atoms with van der Waals surface area (Å²) in [6.07, 6.45) is 5.62. The second-order valence-electron chi connectivity index (χ2n) is 2.56. The molecule has 1 aliphatic carbocycles. The Morgan fingerprint density at radius 1 is 1.40 bits per heavy atom. The Hall–Kier alpha value is -0.860. The van der Waals surface area contributed by atoms with Gasteiger partial charge in [-0.15, -0.1) is 0 Å². The first kappa shape index (κ1) is 7.25. The summed E-state index contributed by atoms with van der Waals surface area (Å²) in [6.45, 7) is 0. The standard InChI is InChI=1S/C7H10NO2/c9-5-7(10)8-6-3-1-2-4-6/h6H,1-4H2,(H,8,10). The first-order chi connectivity index (χ1) is 4.83. The summed E-state index contributed by atoms with van der Waals surface area (Å²) in [4.78, 5) is 20.2. The van der Waals surface area contributed by atoms with E-state index in [1.807, 2.05) is 0 Å². The summed E-state index contributed by atoms with van der Waals surface area (Å²) in [5.41, 5.74) is 0. The topological polar surface area (TPSA) is 46.2 Å². The van der Waals surface area contributed by atoms with Crippen molar-refractivity contribution in [2.45, 2.75) is 31.7 Å². The Morgan fingerprint density at radius 2 is 2.00 bits per heavy atom. The van der Waals surface area contributed by atoms with Gasteiger partial charge in [0, 0.05) is 6.04 Å². The van der Waals surface area contributed by atoms with Crippen LogP contribution in [0, 0.1) is 0 Å². The molecule has 0 aromatic carbocycles. The highest BCUT2D eigenvalue weighted by molar-refractivity contribution is 6.24. The predicted molar refractivity (Wildman–Crippen MR) is 36.1 cm³/mol. The lowest BCUT2D eigenvalue weighted by atomic mass is 10.2. The third-order valence-electron chi connectivity index (χ3n) is 1.78. The van der Waals surface area contributed by atoms with Crippen LogP contribution in [0.2, 0.25) is 0 Å². The third-order valence-corrected chi connectivity index (χ3v) is 1.78. The Balaban J connectivity index is 2.23. The van der Waals surface area contributed by atoms with E-state index in [4.69, 9.17) is 0 Å². The summed E-state index contributed by atoms with van der Waals surface area (Å²) >= 11 is 0. The largest absolute Gasteiger partial charge is 0.346 e. The highest BCUT2D eigenvalue weighted by Gasteiger charge is 2.16. The minimum atomic E-state index is -0.605. The van der Waals surface area contributed by atoms with Crippen molar-refractivity contribution in [1.29, 1.82) is 0 Å². The zero-order valence-corrected chi connectivity index (χ0v) is 5.72. The molecular weight excluding hydrogens is 130 g/mol. The fourth-order valence-electron chi connectivity index (χ4n) is 1.29. The van der Waals surface area contributed by atoms with Crippen LogP contribution in [-0.2, 0) is 9.59 Å². The molecule has 0 heterocycles. The van der Waals surface area contributed by atoms with E-state index < -0.39 is 5.91 Å². The van der Waals surface area contributed by atoms with Crippen LogP contribution in [0.5, 0.6) is 0 Å². The van der Waals surface area contributed by atoms with Crippen LogP contribution in [0.1, 0.15) is 25.7 Å². The number of rotatable bonds is 2. The van der Waals surface area contributed by atoms with Gasteiger partial charge in [0.15, 0.2) is 0 Å². The zero-order chi connectivity index (χ0) is 7.40. The summed E-state index contributed by atoms with van der Waals surface area (Å²) in [5, 5.41) is 2.57. The van der Waals surface area contributed by atoms with E-state index in [-0.39, 0.29) is 6.04 Å². The molecule has 1 fully saturated rings. The molecule has 0 spiro atoms. The Labute approximate surface area is 59.8 Å². The van der Waals surface area contributed by atoms with Gasteiger partial charge in [0.1, 0.15) is 0 Å². The minimum Gasteiger partial charge on any atom is -0.346 e. The van der Waals surface area contributed by atoms with Crippen molar-refractivity contribution < 1.29 is 9.59 Å².